The van der Waals surface area contributed by atoms with Crippen molar-refractivity contribution in [1.29, 1.82) is 0 Å². The summed E-state index contributed by atoms with van der Waals surface area (Å²) in [6, 6.07) is 1.76. The molecule has 0 fully saturated rings. The van der Waals surface area contributed by atoms with Gasteiger partial charge in [0.05, 0.1) is 15.5 Å². The molecule has 0 saturated carbocycles. The van der Waals surface area contributed by atoms with Crippen LogP contribution in [0.5, 0.6) is 0 Å². The highest BCUT2D eigenvalue weighted by molar-refractivity contribution is 9.10. The van der Waals surface area contributed by atoms with Crippen LogP contribution in [0.2, 0.25) is 0 Å². The SMILES string of the molecule is O=[N+]([O-])c1cc(F)c(CF)cc1Br. The number of hydrogen-bond acceptors (Lipinski definition) is 2. The van der Waals surface area contributed by atoms with Crippen LogP contribution in [-0.2, 0) is 6.67 Å². The molecule has 0 heterocycles. The number of benzene rings is 1. The summed E-state index contributed by atoms with van der Waals surface area (Å²) >= 11 is 2.85. The standard InChI is InChI=1S/C7H4BrF2NO2/c8-5-1-4(3-9)6(10)2-7(5)11(12)13/h1-2H,3H2. The zero-order chi connectivity index (χ0) is 10.0. The Hall–Kier alpha value is -1.04. The summed E-state index contributed by atoms with van der Waals surface area (Å²) in [6.07, 6.45) is 0. The lowest BCUT2D eigenvalue weighted by molar-refractivity contribution is -0.385. The molecule has 0 bridgehead atoms. The third-order valence-electron chi connectivity index (χ3n) is 1.46. The van der Waals surface area contributed by atoms with Crippen molar-refractivity contribution in [2.45, 2.75) is 6.67 Å². The minimum atomic E-state index is -0.984. The predicted octanol–water partition coefficient (Wildman–Crippen LogP) is 2.97. The van der Waals surface area contributed by atoms with Crippen molar-refractivity contribution in [3.63, 3.8) is 0 Å². The topological polar surface area (TPSA) is 43.1 Å². The zero-order valence-electron chi connectivity index (χ0n) is 6.26. The summed E-state index contributed by atoms with van der Waals surface area (Å²) in [4.78, 5) is 9.55. The van der Waals surface area contributed by atoms with Crippen molar-refractivity contribution in [2.75, 3.05) is 0 Å². The van der Waals surface area contributed by atoms with Crippen LogP contribution >= 0.6 is 15.9 Å². The van der Waals surface area contributed by atoms with E-state index >= 15 is 0 Å². The molecular formula is C7H4BrF2NO2. The number of nitro benzene ring substituents is 1. The number of halogens is 3. The van der Waals surface area contributed by atoms with Gasteiger partial charge in [0.25, 0.3) is 5.69 Å². The maximum atomic E-state index is 12.8. The van der Waals surface area contributed by atoms with Gasteiger partial charge in [0.15, 0.2) is 0 Å². The molecule has 1 aromatic carbocycles. The minimum Gasteiger partial charge on any atom is -0.258 e. The maximum Gasteiger partial charge on any atom is 0.286 e. The normalized spacial score (nSPS) is 10.1. The molecular weight excluding hydrogens is 248 g/mol. The van der Waals surface area contributed by atoms with Crippen LogP contribution < -0.4 is 0 Å². The first-order valence-electron chi connectivity index (χ1n) is 3.24. The fourth-order valence-corrected chi connectivity index (χ4v) is 1.36. The Labute approximate surface area is 80.6 Å². The lowest BCUT2D eigenvalue weighted by atomic mass is 10.2. The summed E-state index contributed by atoms with van der Waals surface area (Å²) in [5.74, 6) is -0.905. The predicted molar refractivity (Wildman–Crippen MR) is 45.6 cm³/mol. The van der Waals surface area contributed by atoms with Crippen molar-refractivity contribution in [1.82, 2.24) is 0 Å². The molecule has 6 heteroatoms. The first-order chi connectivity index (χ1) is 6.06. The van der Waals surface area contributed by atoms with Crippen molar-refractivity contribution in [3.05, 3.63) is 38.1 Å². The second-order valence-corrected chi connectivity index (χ2v) is 3.14. The molecule has 3 nitrogen and oxygen atoms in total. The average molecular weight is 252 g/mol. The second kappa shape index (κ2) is 3.78. The van der Waals surface area contributed by atoms with Crippen molar-refractivity contribution in [2.24, 2.45) is 0 Å². The fraction of sp³-hybridized carbons (Fsp3) is 0.143. The Bertz CT molecular complexity index is 357. The van der Waals surface area contributed by atoms with Crippen molar-refractivity contribution >= 4 is 21.6 Å². The van der Waals surface area contributed by atoms with Gasteiger partial charge in [0, 0.05) is 5.56 Å². The first kappa shape index (κ1) is 10.0. The van der Waals surface area contributed by atoms with E-state index in [0.717, 1.165) is 6.07 Å². The molecule has 0 aliphatic heterocycles. The monoisotopic (exact) mass is 251 g/mol. The molecule has 0 aliphatic rings. The summed E-state index contributed by atoms with van der Waals surface area (Å²) in [7, 11) is 0. The van der Waals surface area contributed by atoms with Gasteiger partial charge in [-0.2, -0.15) is 0 Å². The molecule has 70 valence electrons. The van der Waals surface area contributed by atoms with Crippen LogP contribution in [0.25, 0.3) is 0 Å². The molecule has 1 aromatic rings. The van der Waals surface area contributed by atoms with Crippen molar-refractivity contribution in [3.8, 4) is 0 Å². The Morgan fingerprint density at radius 1 is 1.54 bits per heavy atom. The molecule has 0 N–H and O–H groups in total. The molecule has 0 spiro atoms. The molecule has 0 aromatic heterocycles. The summed E-state index contributed by atoms with van der Waals surface area (Å²) in [5.41, 5.74) is -0.604. The number of alkyl halides is 1. The fourth-order valence-electron chi connectivity index (χ4n) is 0.820. The Kier molecular flexibility index (Phi) is 2.92. The van der Waals surface area contributed by atoms with E-state index in [1.54, 1.807) is 0 Å². The van der Waals surface area contributed by atoms with Crippen LogP contribution in [0.15, 0.2) is 16.6 Å². The van der Waals surface area contributed by atoms with E-state index < -0.39 is 23.1 Å². The van der Waals surface area contributed by atoms with E-state index in [-0.39, 0.29) is 10.0 Å². The van der Waals surface area contributed by atoms with Crippen LogP contribution in [0, 0.1) is 15.9 Å². The van der Waals surface area contributed by atoms with Gasteiger partial charge in [-0.15, -0.1) is 0 Å². The summed E-state index contributed by atoms with van der Waals surface area (Å²) in [6.45, 7) is -0.984. The highest BCUT2D eigenvalue weighted by Gasteiger charge is 2.16. The maximum absolute atomic E-state index is 12.8. The number of rotatable bonds is 2. The molecule has 0 radical (unpaired) electrons. The molecule has 1 rings (SSSR count). The number of nitrogens with zero attached hydrogens (tertiary/aromatic N) is 1. The third-order valence-corrected chi connectivity index (χ3v) is 2.09. The molecule has 0 unspecified atom stereocenters. The van der Waals surface area contributed by atoms with Gasteiger partial charge in [-0.3, -0.25) is 10.1 Å². The average Bonchev–Trinajstić information content (AvgIpc) is 2.07. The lowest BCUT2D eigenvalue weighted by Gasteiger charge is -1.99. The Balaban J connectivity index is 3.28. The number of hydrogen-bond donors (Lipinski definition) is 0. The van der Waals surface area contributed by atoms with Gasteiger partial charge in [-0.05, 0) is 22.0 Å². The Morgan fingerprint density at radius 2 is 2.15 bits per heavy atom. The Morgan fingerprint density at radius 3 is 2.62 bits per heavy atom. The summed E-state index contributed by atoms with van der Waals surface area (Å²) < 4.78 is 25.0. The quantitative estimate of drug-likeness (QED) is 0.599. The van der Waals surface area contributed by atoms with Gasteiger partial charge in [0.2, 0.25) is 0 Å². The van der Waals surface area contributed by atoms with Crippen LogP contribution in [0.1, 0.15) is 5.56 Å². The second-order valence-electron chi connectivity index (χ2n) is 2.29. The van der Waals surface area contributed by atoms with E-state index in [2.05, 4.69) is 15.9 Å². The zero-order valence-corrected chi connectivity index (χ0v) is 7.85. The first-order valence-corrected chi connectivity index (χ1v) is 4.04. The molecule has 0 amide bonds. The largest absolute Gasteiger partial charge is 0.286 e. The smallest absolute Gasteiger partial charge is 0.258 e. The van der Waals surface area contributed by atoms with E-state index in [1.807, 2.05) is 0 Å². The minimum absolute atomic E-state index is 0.0755. The third kappa shape index (κ3) is 2.00. The molecule has 0 atom stereocenters. The summed E-state index contributed by atoms with van der Waals surface area (Å²) in [5, 5.41) is 10.3. The van der Waals surface area contributed by atoms with Crippen LogP contribution in [0.4, 0.5) is 14.5 Å². The highest BCUT2D eigenvalue weighted by Crippen LogP contribution is 2.27. The molecule has 0 aliphatic carbocycles. The number of nitro groups is 1. The van der Waals surface area contributed by atoms with Crippen molar-refractivity contribution < 1.29 is 13.7 Å². The van der Waals surface area contributed by atoms with Gasteiger partial charge >= 0.3 is 0 Å². The van der Waals surface area contributed by atoms with E-state index in [4.69, 9.17) is 0 Å². The van der Waals surface area contributed by atoms with E-state index in [0.29, 0.717) is 6.07 Å². The molecule has 13 heavy (non-hydrogen) atoms. The van der Waals surface area contributed by atoms with Gasteiger partial charge in [0.1, 0.15) is 12.5 Å². The molecule has 0 saturated heterocycles. The van der Waals surface area contributed by atoms with Gasteiger partial charge in [-0.25, -0.2) is 8.78 Å². The van der Waals surface area contributed by atoms with E-state index in [1.165, 1.54) is 0 Å². The highest BCUT2D eigenvalue weighted by atomic mass is 79.9. The lowest BCUT2D eigenvalue weighted by Crippen LogP contribution is -1.94. The van der Waals surface area contributed by atoms with Gasteiger partial charge in [-0.1, -0.05) is 0 Å². The van der Waals surface area contributed by atoms with Crippen LogP contribution in [0.3, 0.4) is 0 Å². The van der Waals surface area contributed by atoms with Crippen LogP contribution in [-0.4, -0.2) is 4.92 Å². The van der Waals surface area contributed by atoms with Gasteiger partial charge < -0.3 is 0 Å². The van der Waals surface area contributed by atoms with E-state index in [9.17, 15) is 18.9 Å².